The van der Waals surface area contributed by atoms with Gasteiger partial charge in [-0.05, 0) is 68.1 Å². The van der Waals surface area contributed by atoms with E-state index < -0.39 is 0 Å². The first kappa shape index (κ1) is 11.6. The molecule has 0 atom stereocenters. The van der Waals surface area contributed by atoms with Gasteiger partial charge in [0, 0.05) is 19.0 Å². The van der Waals surface area contributed by atoms with Gasteiger partial charge in [0.15, 0.2) is 0 Å². The molecule has 0 radical (unpaired) electrons. The van der Waals surface area contributed by atoms with Crippen molar-refractivity contribution in [1.82, 2.24) is 4.98 Å². The molecule has 0 spiro atoms. The molecular formula is C14H21NO. The monoisotopic (exact) mass is 219 g/mol. The van der Waals surface area contributed by atoms with Crippen molar-refractivity contribution in [3.63, 3.8) is 0 Å². The molecule has 0 amide bonds. The van der Waals surface area contributed by atoms with Gasteiger partial charge in [0.25, 0.3) is 0 Å². The number of aliphatic hydroxyl groups is 1. The number of aliphatic hydroxyl groups excluding tert-OH is 1. The molecule has 2 heteroatoms. The normalized spacial score (nSPS) is 25.6. The molecule has 16 heavy (non-hydrogen) atoms. The van der Waals surface area contributed by atoms with Gasteiger partial charge in [-0.25, -0.2) is 0 Å². The van der Waals surface area contributed by atoms with Crippen molar-refractivity contribution < 1.29 is 5.11 Å². The Hall–Kier alpha value is -0.890. The zero-order valence-electron chi connectivity index (χ0n) is 10.0. The van der Waals surface area contributed by atoms with Crippen molar-refractivity contribution in [2.75, 3.05) is 6.61 Å². The Morgan fingerprint density at radius 2 is 2.06 bits per heavy atom. The Kier molecular flexibility index (Phi) is 3.94. The van der Waals surface area contributed by atoms with Crippen LogP contribution < -0.4 is 0 Å². The molecule has 1 aliphatic carbocycles. The van der Waals surface area contributed by atoms with Crippen molar-refractivity contribution in [2.45, 2.75) is 44.9 Å². The van der Waals surface area contributed by atoms with E-state index in [-0.39, 0.29) is 0 Å². The van der Waals surface area contributed by atoms with Crippen LogP contribution in [0.25, 0.3) is 0 Å². The van der Waals surface area contributed by atoms with E-state index in [2.05, 4.69) is 18.0 Å². The quantitative estimate of drug-likeness (QED) is 0.847. The molecule has 0 saturated heterocycles. The van der Waals surface area contributed by atoms with Gasteiger partial charge in [-0.3, -0.25) is 4.98 Å². The molecule has 0 aliphatic heterocycles. The van der Waals surface area contributed by atoms with Crippen LogP contribution >= 0.6 is 0 Å². The first-order valence-electron chi connectivity index (χ1n) is 6.32. The van der Waals surface area contributed by atoms with Gasteiger partial charge in [-0.15, -0.1) is 0 Å². The summed E-state index contributed by atoms with van der Waals surface area (Å²) in [7, 11) is 0. The molecule has 88 valence electrons. The predicted octanol–water partition coefficient (Wildman–Crippen LogP) is 3.05. The van der Waals surface area contributed by atoms with Gasteiger partial charge in [-0.1, -0.05) is 0 Å². The third kappa shape index (κ3) is 2.62. The highest BCUT2D eigenvalue weighted by atomic mass is 16.3. The minimum Gasteiger partial charge on any atom is -0.396 e. The molecule has 1 aromatic heterocycles. The van der Waals surface area contributed by atoms with Crippen LogP contribution in [0.15, 0.2) is 18.5 Å². The van der Waals surface area contributed by atoms with E-state index in [1.165, 1.54) is 36.8 Å². The average molecular weight is 219 g/mol. The number of hydrogen-bond donors (Lipinski definition) is 1. The highest BCUT2D eigenvalue weighted by Crippen LogP contribution is 2.37. The van der Waals surface area contributed by atoms with Gasteiger partial charge in [0.1, 0.15) is 0 Å². The van der Waals surface area contributed by atoms with Crippen LogP contribution in [0.5, 0.6) is 0 Å². The van der Waals surface area contributed by atoms with Gasteiger partial charge in [0.05, 0.1) is 0 Å². The van der Waals surface area contributed by atoms with Crippen molar-refractivity contribution in [1.29, 1.82) is 0 Å². The lowest BCUT2D eigenvalue weighted by molar-refractivity contribution is 0.222. The van der Waals surface area contributed by atoms with Crippen molar-refractivity contribution >= 4 is 0 Å². The van der Waals surface area contributed by atoms with Crippen LogP contribution in [0, 0.1) is 12.8 Å². The maximum atomic E-state index is 8.94. The maximum absolute atomic E-state index is 8.94. The van der Waals surface area contributed by atoms with E-state index in [0.717, 1.165) is 12.3 Å². The third-order valence-corrected chi connectivity index (χ3v) is 3.90. The Morgan fingerprint density at radius 1 is 1.31 bits per heavy atom. The molecule has 1 heterocycles. The summed E-state index contributed by atoms with van der Waals surface area (Å²) in [6, 6.07) is 2.11. The summed E-state index contributed by atoms with van der Waals surface area (Å²) in [5.74, 6) is 1.45. The summed E-state index contributed by atoms with van der Waals surface area (Å²) in [6.45, 7) is 2.53. The van der Waals surface area contributed by atoms with E-state index >= 15 is 0 Å². The zero-order chi connectivity index (χ0) is 11.4. The number of aromatic nitrogens is 1. The molecule has 2 nitrogen and oxygen atoms in total. The van der Waals surface area contributed by atoms with E-state index in [0.29, 0.717) is 12.5 Å². The summed E-state index contributed by atoms with van der Waals surface area (Å²) in [6.07, 6.45) is 9.94. The lowest BCUT2D eigenvalue weighted by Crippen LogP contribution is -2.15. The van der Waals surface area contributed by atoms with Crippen LogP contribution in [0.2, 0.25) is 0 Å². The molecule has 1 N–H and O–H groups in total. The first-order valence-corrected chi connectivity index (χ1v) is 6.32. The second-order valence-electron chi connectivity index (χ2n) is 4.96. The summed E-state index contributed by atoms with van der Waals surface area (Å²) in [5.41, 5.74) is 2.81. The van der Waals surface area contributed by atoms with Crippen LogP contribution in [0.1, 0.15) is 49.1 Å². The van der Waals surface area contributed by atoms with Gasteiger partial charge in [0.2, 0.25) is 0 Å². The summed E-state index contributed by atoms with van der Waals surface area (Å²) in [4.78, 5) is 4.24. The summed E-state index contributed by atoms with van der Waals surface area (Å²) < 4.78 is 0. The molecule has 1 fully saturated rings. The zero-order valence-corrected chi connectivity index (χ0v) is 10.0. The molecule has 1 aliphatic rings. The fraction of sp³-hybridized carbons (Fsp3) is 0.643. The molecule has 1 saturated carbocycles. The van der Waals surface area contributed by atoms with Crippen molar-refractivity contribution in [2.24, 2.45) is 5.92 Å². The lowest BCUT2D eigenvalue weighted by atomic mass is 9.77. The molecular weight excluding hydrogens is 198 g/mol. The van der Waals surface area contributed by atoms with Crippen LogP contribution in [0.4, 0.5) is 0 Å². The highest BCUT2D eigenvalue weighted by Gasteiger charge is 2.22. The second-order valence-corrected chi connectivity index (χ2v) is 4.96. The minimum atomic E-state index is 0.348. The van der Waals surface area contributed by atoms with Crippen molar-refractivity contribution in [3.8, 4) is 0 Å². The molecule has 0 aromatic carbocycles. The van der Waals surface area contributed by atoms with Crippen LogP contribution in [0.3, 0.4) is 0 Å². The average Bonchev–Trinajstić information content (AvgIpc) is 2.31. The topological polar surface area (TPSA) is 33.1 Å². The number of nitrogens with zero attached hydrogens (tertiary/aromatic N) is 1. The number of pyridine rings is 1. The lowest BCUT2D eigenvalue weighted by Gasteiger charge is -2.29. The first-order chi connectivity index (χ1) is 7.81. The Bertz CT molecular complexity index is 329. The van der Waals surface area contributed by atoms with E-state index in [1.54, 1.807) is 0 Å². The van der Waals surface area contributed by atoms with Crippen LogP contribution in [-0.4, -0.2) is 16.7 Å². The van der Waals surface area contributed by atoms with Crippen molar-refractivity contribution in [3.05, 3.63) is 29.6 Å². The standard InChI is InChI=1S/C14H21NO/c1-11-6-8-15-10-14(11)13-4-2-12(3-5-13)7-9-16/h6,8,10,12-13,16H,2-5,7,9H2,1H3. The highest BCUT2D eigenvalue weighted by molar-refractivity contribution is 5.25. The molecule has 0 bridgehead atoms. The Morgan fingerprint density at radius 3 is 2.69 bits per heavy atom. The largest absolute Gasteiger partial charge is 0.396 e. The summed E-state index contributed by atoms with van der Waals surface area (Å²) in [5, 5.41) is 8.94. The number of aryl methyl sites for hydroxylation is 1. The molecule has 0 unspecified atom stereocenters. The fourth-order valence-corrected chi connectivity index (χ4v) is 2.85. The Balaban J connectivity index is 1.96. The van der Waals surface area contributed by atoms with Gasteiger partial charge in [-0.2, -0.15) is 0 Å². The summed E-state index contributed by atoms with van der Waals surface area (Å²) >= 11 is 0. The van der Waals surface area contributed by atoms with Crippen LogP contribution in [-0.2, 0) is 0 Å². The molecule has 1 aromatic rings. The minimum absolute atomic E-state index is 0.348. The second kappa shape index (κ2) is 5.44. The SMILES string of the molecule is Cc1ccncc1C1CCC(CCO)CC1. The fourth-order valence-electron chi connectivity index (χ4n) is 2.85. The maximum Gasteiger partial charge on any atom is 0.0433 e. The van der Waals surface area contributed by atoms with E-state index in [1.807, 2.05) is 12.4 Å². The molecule has 2 rings (SSSR count). The van der Waals surface area contributed by atoms with E-state index in [4.69, 9.17) is 5.11 Å². The van der Waals surface area contributed by atoms with Gasteiger partial charge >= 0.3 is 0 Å². The Labute approximate surface area is 97.7 Å². The van der Waals surface area contributed by atoms with E-state index in [9.17, 15) is 0 Å². The smallest absolute Gasteiger partial charge is 0.0433 e. The number of rotatable bonds is 3. The van der Waals surface area contributed by atoms with Gasteiger partial charge < -0.3 is 5.11 Å². The number of hydrogen-bond acceptors (Lipinski definition) is 2. The third-order valence-electron chi connectivity index (χ3n) is 3.90. The predicted molar refractivity (Wildman–Crippen MR) is 65.4 cm³/mol.